The van der Waals surface area contributed by atoms with Crippen molar-refractivity contribution in [3.63, 3.8) is 0 Å². The van der Waals surface area contributed by atoms with E-state index in [1.54, 1.807) is 18.0 Å². The Labute approximate surface area is 136 Å². The van der Waals surface area contributed by atoms with Gasteiger partial charge >= 0.3 is 10.2 Å². The van der Waals surface area contributed by atoms with Crippen LogP contribution >= 0.6 is 27.7 Å². The molecule has 1 saturated heterocycles. The van der Waals surface area contributed by atoms with E-state index in [4.69, 9.17) is 0 Å². The number of nitrogens with zero attached hydrogens (tertiary/aromatic N) is 3. The fraction of sp³-hybridized carbons (Fsp3) is 0.364. The van der Waals surface area contributed by atoms with Crippen molar-refractivity contribution in [3.8, 4) is 0 Å². The summed E-state index contributed by atoms with van der Waals surface area (Å²) in [6.07, 6.45) is 1.75. The molecule has 0 radical (unpaired) electrons. The largest absolute Gasteiger partial charge is 0.324 e. The lowest BCUT2D eigenvalue weighted by molar-refractivity contribution is 0.591. The maximum absolute atomic E-state index is 11.3. The summed E-state index contributed by atoms with van der Waals surface area (Å²) in [4.78, 5) is 12.3. The number of rotatable bonds is 5. The Hall–Kier alpha value is -1.13. The number of hydrogen-bond acceptors (Lipinski definition) is 6. The van der Waals surface area contributed by atoms with Gasteiger partial charge in [0.25, 0.3) is 0 Å². The van der Waals surface area contributed by atoms with Crippen LogP contribution in [0.25, 0.3) is 0 Å². The molecule has 2 heterocycles. The van der Waals surface area contributed by atoms with Crippen LogP contribution in [0.3, 0.4) is 0 Å². The molecule has 114 valence electrons. The van der Waals surface area contributed by atoms with Crippen molar-refractivity contribution in [3.05, 3.63) is 28.5 Å². The molecule has 0 unspecified atom stereocenters. The van der Waals surface area contributed by atoms with Crippen molar-refractivity contribution in [2.45, 2.75) is 5.75 Å². The van der Waals surface area contributed by atoms with E-state index in [1.165, 1.54) is 7.05 Å². The van der Waals surface area contributed by atoms with Gasteiger partial charge in [0.2, 0.25) is 0 Å². The van der Waals surface area contributed by atoms with Crippen molar-refractivity contribution in [2.24, 2.45) is 9.98 Å². The third kappa shape index (κ3) is 4.68. The standard InChI is InChI=1S/C11H14BrN5O2S2/c1-13-10-11(17-21(18,19)16-10)15-5-6-20-7-9-8(12)3-2-4-14-9/h2-4H,5-7H2,1H3,(H,13,16)(H,15,17). The van der Waals surface area contributed by atoms with E-state index in [0.29, 0.717) is 6.54 Å². The highest BCUT2D eigenvalue weighted by Gasteiger charge is 2.27. The molecule has 1 aromatic heterocycles. The highest BCUT2D eigenvalue weighted by atomic mass is 79.9. The van der Waals surface area contributed by atoms with Gasteiger partial charge in [-0.2, -0.15) is 20.2 Å². The first-order valence-corrected chi connectivity index (χ1v) is 9.44. The molecule has 0 saturated carbocycles. The van der Waals surface area contributed by atoms with Crippen LogP contribution in [0.4, 0.5) is 0 Å². The van der Waals surface area contributed by atoms with Crippen LogP contribution in [0.15, 0.2) is 32.8 Å². The lowest BCUT2D eigenvalue weighted by Gasteiger charge is -2.02. The molecule has 1 aliphatic rings. The Kier molecular flexibility index (Phi) is 5.59. The molecule has 0 bridgehead atoms. The summed E-state index contributed by atoms with van der Waals surface area (Å²) in [5.41, 5.74) is 0.981. The normalized spacial score (nSPS) is 20.5. The van der Waals surface area contributed by atoms with Crippen LogP contribution in [0.5, 0.6) is 0 Å². The molecule has 1 aliphatic heterocycles. The summed E-state index contributed by atoms with van der Waals surface area (Å²) < 4.78 is 28.2. The third-order valence-corrected chi connectivity index (χ3v) is 5.08. The van der Waals surface area contributed by atoms with E-state index in [-0.39, 0.29) is 11.7 Å². The first-order chi connectivity index (χ1) is 10.0. The molecule has 0 aromatic carbocycles. The van der Waals surface area contributed by atoms with Gasteiger partial charge in [0.05, 0.1) is 12.2 Å². The summed E-state index contributed by atoms with van der Waals surface area (Å²) in [7, 11) is -2.02. The average Bonchev–Trinajstić information content (AvgIpc) is 2.75. The van der Waals surface area contributed by atoms with Crippen molar-refractivity contribution in [2.75, 3.05) is 19.3 Å². The quantitative estimate of drug-likeness (QED) is 0.730. The predicted octanol–water partition coefficient (Wildman–Crippen LogP) is 0.942. The van der Waals surface area contributed by atoms with Gasteiger partial charge in [0.1, 0.15) is 0 Å². The second kappa shape index (κ2) is 7.23. The molecule has 0 amide bonds. The Balaban J connectivity index is 1.82. The lowest BCUT2D eigenvalue weighted by atomic mass is 10.4. The highest BCUT2D eigenvalue weighted by molar-refractivity contribution is 9.10. The SMILES string of the molecule is CN=C1NS(=O)(=O)NC1=NCCSCc1ncccc1Br. The molecule has 0 spiro atoms. The molecule has 2 N–H and O–H groups in total. The van der Waals surface area contributed by atoms with Gasteiger partial charge in [-0.1, -0.05) is 0 Å². The van der Waals surface area contributed by atoms with E-state index in [0.717, 1.165) is 21.7 Å². The van der Waals surface area contributed by atoms with Gasteiger partial charge in [-0.05, 0) is 28.1 Å². The Bertz CT molecular complexity index is 675. The first-order valence-electron chi connectivity index (χ1n) is 6.01. The molecule has 2 rings (SSSR count). The van der Waals surface area contributed by atoms with Gasteiger partial charge < -0.3 is 0 Å². The zero-order valence-corrected chi connectivity index (χ0v) is 14.4. The molecule has 7 nitrogen and oxygen atoms in total. The topological polar surface area (TPSA) is 95.8 Å². The number of hydrogen-bond donors (Lipinski definition) is 2. The second-order valence-corrected chi connectivity index (χ2v) is 7.37. The monoisotopic (exact) mass is 391 g/mol. The minimum Gasteiger partial charge on any atom is -0.268 e. The number of pyridine rings is 1. The van der Waals surface area contributed by atoms with Crippen molar-refractivity contribution < 1.29 is 8.42 Å². The molecular weight excluding hydrogens is 378 g/mol. The van der Waals surface area contributed by atoms with Crippen molar-refractivity contribution >= 4 is 49.6 Å². The van der Waals surface area contributed by atoms with E-state index < -0.39 is 10.2 Å². The van der Waals surface area contributed by atoms with Gasteiger partial charge in [0, 0.05) is 29.2 Å². The Morgan fingerprint density at radius 2 is 2.14 bits per heavy atom. The minimum absolute atomic E-state index is 0.243. The molecule has 1 fully saturated rings. The van der Waals surface area contributed by atoms with Crippen LogP contribution in [-0.4, -0.2) is 44.4 Å². The zero-order chi connectivity index (χ0) is 15.3. The number of thioether (sulfide) groups is 1. The van der Waals surface area contributed by atoms with Crippen LogP contribution in [0.1, 0.15) is 5.69 Å². The number of aliphatic imine (C=N–C) groups is 2. The van der Waals surface area contributed by atoms with Crippen LogP contribution < -0.4 is 9.44 Å². The van der Waals surface area contributed by atoms with E-state index >= 15 is 0 Å². The highest BCUT2D eigenvalue weighted by Crippen LogP contribution is 2.18. The van der Waals surface area contributed by atoms with Gasteiger partial charge in [-0.15, -0.1) is 0 Å². The predicted molar refractivity (Wildman–Crippen MR) is 89.0 cm³/mol. The fourth-order valence-corrected chi connectivity index (χ4v) is 3.83. The second-order valence-electron chi connectivity index (χ2n) is 3.99. The summed E-state index contributed by atoms with van der Waals surface area (Å²) in [5.74, 6) is 2.03. The average molecular weight is 392 g/mol. The first kappa shape index (κ1) is 16.2. The lowest BCUT2D eigenvalue weighted by Crippen LogP contribution is -2.24. The van der Waals surface area contributed by atoms with E-state index in [2.05, 4.69) is 40.3 Å². The molecular formula is C11H14BrN5O2S2. The van der Waals surface area contributed by atoms with Crippen molar-refractivity contribution in [1.29, 1.82) is 0 Å². The van der Waals surface area contributed by atoms with Gasteiger partial charge in [-0.25, -0.2) is 9.44 Å². The Morgan fingerprint density at radius 3 is 2.86 bits per heavy atom. The molecule has 0 atom stereocenters. The van der Waals surface area contributed by atoms with E-state index in [9.17, 15) is 8.42 Å². The summed E-state index contributed by atoms with van der Waals surface area (Å²) in [5, 5.41) is 0. The number of halogens is 1. The van der Waals surface area contributed by atoms with Crippen molar-refractivity contribution in [1.82, 2.24) is 14.4 Å². The molecule has 0 aliphatic carbocycles. The zero-order valence-electron chi connectivity index (χ0n) is 11.2. The van der Waals surface area contributed by atoms with E-state index in [1.807, 2.05) is 12.1 Å². The third-order valence-electron chi connectivity index (χ3n) is 2.49. The number of amidine groups is 2. The minimum atomic E-state index is -3.53. The molecule has 21 heavy (non-hydrogen) atoms. The summed E-state index contributed by atoms with van der Waals surface area (Å²) >= 11 is 5.12. The fourth-order valence-electron chi connectivity index (χ4n) is 1.55. The van der Waals surface area contributed by atoms with Gasteiger partial charge in [-0.3, -0.25) is 15.0 Å². The maximum atomic E-state index is 11.3. The number of aromatic nitrogens is 1. The maximum Gasteiger partial charge on any atom is 0.324 e. The molecule has 10 heteroatoms. The smallest absolute Gasteiger partial charge is 0.268 e. The van der Waals surface area contributed by atoms with Crippen LogP contribution in [0, 0.1) is 0 Å². The summed E-state index contributed by atoms with van der Waals surface area (Å²) in [6.45, 7) is 0.494. The van der Waals surface area contributed by atoms with Crippen LogP contribution in [-0.2, 0) is 16.0 Å². The molecule has 1 aromatic rings. The van der Waals surface area contributed by atoms with Gasteiger partial charge in [0.15, 0.2) is 11.7 Å². The van der Waals surface area contributed by atoms with Crippen LogP contribution in [0.2, 0.25) is 0 Å². The summed E-state index contributed by atoms with van der Waals surface area (Å²) in [6, 6.07) is 3.82. The number of nitrogens with one attached hydrogen (secondary N) is 2. The Morgan fingerprint density at radius 1 is 1.38 bits per heavy atom.